The zero-order valence-electron chi connectivity index (χ0n) is 11.1. The van der Waals surface area contributed by atoms with Crippen molar-refractivity contribution in [2.75, 3.05) is 0 Å². The summed E-state index contributed by atoms with van der Waals surface area (Å²) in [6.07, 6.45) is 3.36. The average Bonchev–Trinajstić information content (AvgIpc) is 2.45. The van der Waals surface area contributed by atoms with Crippen LogP contribution in [0.2, 0.25) is 0 Å². The first-order valence-corrected chi connectivity index (χ1v) is 6.58. The van der Waals surface area contributed by atoms with E-state index in [1.165, 1.54) is 12.0 Å². The van der Waals surface area contributed by atoms with Crippen molar-refractivity contribution in [3.05, 3.63) is 54.1 Å². The maximum Gasteiger partial charge on any atom is 0.115 e. The predicted octanol–water partition coefficient (Wildman–Crippen LogP) is 5.15. The molecule has 2 aromatic rings. The normalized spacial score (nSPS) is 11.0. The number of phenols is 1. The van der Waals surface area contributed by atoms with Crippen molar-refractivity contribution in [2.45, 2.75) is 26.2 Å². The Kier molecular flexibility index (Phi) is 4.67. The highest BCUT2D eigenvalue weighted by Gasteiger charge is 2.00. The fourth-order valence-corrected chi connectivity index (χ4v) is 1.82. The Morgan fingerprint density at radius 2 is 1.68 bits per heavy atom. The summed E-state index contributed by atoms with van der Waals surface area (Å²) in [4.78, 5) is 0. The van der Waals surface area contributed by atoms with Crippen LogP contribution in [0.15, 0.2) is 58.8 Å². The molecule has 0 saturated heterocycles. The van der Waals surface area contributed by atoms with E-state index in [9.17, 15) is 5.11 Å². The molecule has 0 fully saturated rings. The van der Waals surface area contributed by atoms with Crippen molar-refractivity contribution in [1.29, 1.82) is 0 Å². The van der Waals surface area contributed by atoms with E-state index in [1.807, 2.05) is 18.2 Å². The van der Waals surface area contributed by atoms with Crippen molar-refractivity contribution < 1.29 is 5.11 Å². The predicted molar refractivity (Wildman–Crippen MR) is 77.3 cm³/mol. The van der Waals surface area contributed by atoms with Gasteiger partial charge in [-0.15, -0.1) is 0 Å². The zero-order valence-corrected chi connectivity index (χ0v) is 11.1. The largest absolute Gasteiger partial charge is 0.508 e. The topological polar surface area (TPSA) is 45.0 Å². The van der Waals surface area contributed by atoms with Crippen molar-refractivity contribution >= 4 is 11.4 Å². The molecule has 3 heteroatoms. The second kappa shape index (κ2) is 6.69. The third-order valence-electron chi connectivity index (χ3n) is 2.91. The average molecular weight is 254 g/mol. The summed E-state index contributed by atoms with van der Waals surface area (Å²) in [7, 11) is 0. The van der Waals surface area contributed by atoms with Crippen LogP contribution in [0.3, 0.4) is 0 Å². The van der Waals surface area contributed by atoms with Gasteiger partial charge >= 0.3 is 0 Å². The zero-order chi connectivity index (χ0) is 13.5. The SMILES string of the molecule is CCCCc1ccccc1N=Nc1ccc(O)cc1. The van der Waals surface area contributed by atoms with Crippen LogP contribution in [-0.2, 0) is 6.42 Å². The second-order valence-corrected chi connectivity index (χ2v) is 4.45. The number of unbranched alkanes of at least 4 members (excludes halogenated alkanes) is 1. The molecule has 0 bridgehead atoms. The monoisotopic (exact) mass is 254 g/mol. The standard InChI is InChI=1S/C16H18N2O/c1-2-3-6-13-7-4-5-8-16(13)18-17-14-9-11-15(19)12-10-14/h4-5,7-12,19H,2-3,6H2,1H3. The van der Waals surface area contributed by atoms with Crippen molar-refractivity contribution in [3.63, 3.8) is 0 Å². The third-order valence-corrected chi connectivity index (χ3v) is 2.91. The molecule has 0 amide bonds. The molecule has 0 saturated carbocycles. The molecule has 19 heavy (non-hydrogen) atoms. The summed E-state index contributed by atoms with van der Waals surface area (Å²) in [5.74, 6) is 0.238. The molecule has 0 heterocycles. The van der Waals surface area contributed by atoms with Crippen LogP contribution in [0.1, 0.15) is 25.3 Å². The molecule has 0 aliphatic carbocycles. The molecular weight excluding hydrogens is 236 g/mol. The maximum absolute atomic E-state index is 9.21. The van der Waals surface area contributed by atoms with E-state index in [2.05, 4.69) is 23.2 Å². The van der Waals surface area contributed by atoms with Gasteiger partial charge in [-0.2, -0.15) is 10.2 Å². The highest BCUT2D eigenvalue weighted by atomic mass is 16.3. The van der Waals surface area contributed by atoms with Gasteiger partial charge < -0.3 is 5.11 Å². The lowest BCUT2D eigenvalue weighted by atomic mass is 10.1. The van der Waals surface area contributed by atoms with Crippen LogP contribution in [0.25, 0.3) is 0 Å². The van der Waals surface area contributed by atoms with Gasteiger partial charge in [0.05, 0.1) is 11.4 Å². The quantitative estimate of drug-likeness (QED) is 0.737. The van der Waals surface area contributed by atoms with Crippen LogP contribution < -0.4 is 0 Å². The first-order valence-electron chi connectivity index (χ1n) is 6.58. The highest BCUT2D eigenvalue weighted by molar-refractivity contribution is 5.47. The number of aromatic hydroxyl groups is 1. The fraction of sp³-hybridized carbons (Fsp3) is 0.250. The number of hydrogen-bond donors (Lipinski definition) is 1. The van der Waals surface area contributed by atoms with Crippen LogP contribution in [-0.4, -0.2) is 5.11 Å². The number of azo groups is 1. The molecule has 1 N–H and O–H groups in total. The Labute approximate surface area is 113 Å². The van der Waals surface area contributed by atoms with E-state index < -0.39 is 0 Å². The lowest BCUT2D eigenvalue weighted by molar-refractivity contribution is 0.475. The van der Waals surface area contributed by atoms with Gasteiger partial charge in [0, 0.05) is 0 Å². The molecule has 98 valence electrons. The van der Waals surface area contributed by atoms with Gasteiger partial charge in [-0.25, -0.2) is 0 Å². The second-order valence-electron chi connectivity index (χ2n) is 4.45. The third kappa shape index (κ3) is 3.91. The molecule has 2 aromatic carbocycles. The Hall–Kier alpha value is -2.16. The number of benzene rings is 2. The van der Waals surface area contributed by atoms with Gasteiger partial charge in [0.2, 0.25) is 0 Å². The first kappa shape index (κ1) is 13.3. The number of rotatable bonds is 5. The molecule has 0 atom stereocenters. The van der Waals surface area contributed by atoms with Gasteiger partial charge in [0.25, 0.3) is 0 Å². The lowest BCUT2D eigenvalue weighted by Gasteiger charge is -2.03. The summed E-state index contributed by atoms with van der Waals surface area (Å²) in [5, 5.41) is 17.7. The Morgan fingerprint density at radius 3 is 2.42 bits per heavy atom. The summed E-state index contributed by atoms with van der Waals surface area (Å²) in [6.45, 7) is 2.18. The van der Waals surface area contributed by atoms with Crippen LogP contribution >= 0.6 is 0 Å². The number of aryl methyl sites for hydroxylation is 1. The molecule has 0 unspecified atom stereocenters. The fourth-order valence-electron chi connectivity index (χ4n) is 1.82. The van der Waals surface area contributed by atoms with E-state index in [-0.39, 0.29) is 5.75 Å². The highest BCUT2D eigenvalue weighted by Crippen LogP contribution is 2.24. The minimum absolute atomic E-state index is 0.238. The number of phenolic OH excluding ortho intramolecular Hbond substituents is 1. The smallest absolute Gasteiger partial charge is 0.115 e. The molecule has 0 spiro atoms. The van der Waals surface area contributed by atoms with E-state index in [1.54, 1.807) is 24.3 Å². The van der Waals surface area contributed by atoms with Crippen LogP contribution in [0.5, 0.6) is 5.75 Å². The number of nitrogens with zero attached hydrogens (tertiary/aromatic N) is 2. The van der Waals surface area contributed by atoms with E-state index >= 15 is 0 Å². The van der Waals surface area contributed by atoms with E-state index in [0.29, 0.717) is 0 Å². The Bertz CT molecular complexity index is 547. The molecular formula is C16H18N2O. The maximum atomic E-state index is 9.21. The first-order chi connectivity index (χ1) is 9.29. The Morgan fingerprint density at radius 1 is 0.947 bits per heavy atom. The minimum atomic E-state index is 0.238. The summed E-state index contributed by atoms with van der Waals surface area (Å²) in [5.41, 5.74) is 2.89. The van der Waals surface area contributed by atoms with Crippen molar-refractivity contribution in [3.8, 4) is 5.75 Å². The molecule has 3 nitrogen and oxygen atoms in total. The molecule has 2 rings (SSSR count). The minimum Gasteiger partial charge on any atom is -0.508 e. The van der Waals surface area contributed by atoms with Crippen molar-refractivity contribution in [2.24, 2.45) is 10.2 Å². The van der Waals surface area contributed by atoms with Crippen LogP contribution in [0.4, 0.5) is 11.4 Å². The van der Waals surface area contributed by atoms with E-state index in [0.717, 1.165) is 24.2 Å². The number of hydrogen-bond acceptors (Lipinski definition) is 3. The summed E-state index contributed by atoms with van der Waals surface area (Å²) >= 11 is 0. The van der Waals surface area contributed by atoms with Crippen molar-refractivity contribution in [1.82, 2.24) is 0 Å². The molecule has 0 aliphatic rings. The van der Waals surface area contributed by atoms with Gasteiger partial charge in [-0.1, -0.05) is 31.5 Å². The molecule has 0 aliphatic heterocycles. The van der Waals surface area contributed by atoms with E-state index in [4.69, 9.17) is 0 Å². The van der Waals surface area contributed by atoms with Gasteiger partial charge in [-0.05, 0) is 48.7 Å². The molecule has 0 aromatic heterocycles. The van der Waals surface area contributed by atoms with Crippen LogP contribution in [0, 0.1) is 0 Å². The lowest BCUT2D eigenvalue weighted by Crippen LogP contribution is -1.84. The van der Waals surface area contributed by atoms with Gasteiger partial charge in [0.15, 0.2) is 0 Å². The molecule has 0 radical (unpaired) electrons. The summed E-state index contributed by atoms with van der Waals surface area (Å²) < 4.78 is 0. The summed E-state index contributed by atoms with van der Waals surface area (Å²) in [6, 6.07) is 14.8. The van der Waals surface area contributed by atoms with Gasteiger partial charge in [0.1, 0.15) is 5.75 Å². The van der Waals surface area contributed by atoms with Gasteiger partial charge in [-0.3, -0.25) is 0 Å². The Balaban J connectivity index is 2.15.